The SMILES string of the molecule is CCCCN(C(=O)NC1CCCCC1)C(C)c1nc2ccccc2c(=O)n1-c1ccc(F)cc1. The van der Waals surface area contributed by atoms with Gasteiger partial charge in [0, 0.05) is 12.6 Å². The number of para-hydroxylation sites is 1. The smallest absolute Gasteiger partial charge is 0.318 e. The Labute approximate surface area is 199 Å². The minimum atomic E-state index is -0.461. The summed E-state index contributed by atoms with van der Waals surface area (Å²) in [4.78, 5) is 33.6. The van der Waals surface area contributed by atoms with Gasteiger partial charge in [0.15, 0.2) is 0 Å². The lowest BCUT2D eigenvalue weighted by Crippen LogP contribution is -2.47. The number of urea groups is 1. The molecule has 1 fully saturated rings. The second kappa shape index (κ2) is 10.8. The highest BCUT2D eigenvalue weighted by Crippen LogP contribution is 2.25. The van der Waals surface area contributed by atoms with Gasteiger partial charge in [-0.3, -0.25) is 9.36 Å². The van der Waals surface area contributed by atoms with E-state index in [9.17, 15) is 14.0 Å². The molecular weight excluding hydrogens is 431 g/mol. The van der Waals surface area contributed by atoms with E-state index in [1.165, 1.54) is 23.1 Å². The first kappa shape index (κ1) is 23.9. The van der Waals surface area contributed by atoms with Gasteiger partial charge in [-0.05, 0) is 62.6 Å². The van der Waals surface area contributed by atoms with E-state index < -0.39 is 6.04 Å². The number of carbonyl (C=O) groups excluding carboxylic acids is 1. The first-order valence-corrected chi connectivity index (χ1v) is 12.3. The highest BCUT2D eigenvalue weighted by atomic mass is 19.1. The zero-order chi connectivity index (χ0) is 24.1. The normalized spacial score (nSPS) is 15.3. The third kappa shape index (κ3) is 5.13. The van der Waals surface area contributed by atoms with Gasteiger partial charge in [-0.15, -0.1) is 0 Å². The second-order valence-corrected chi connectivity index (χ2v) is 9.11. The molecule has 180 valence electrons. The third-order valence-corrected chi connectivity index (χ3v) is 6.67. The van der Waals surface area contributed by atoms with E-state index in [0.717, 1.165) is 38.5 Å². The summed E-state index contributed by atoms with van der Waals surface area (Å²) in [6.07, 6.45) is 7.25. The fourth-order valence-corrected chi connectivity index (χ4v) is 4.71. The van der Waals surface area contributed by atoms with Gasteiger partial charge in [-0.2, -0.15) is 0 Å². The van der Waals surface area contributed by atoms with Crippen molar-refractivity contribution in [1.29, 1.82) is 0 Å². The van der Waals surface area contributed by atoms with E-state index in [-0.39, 0.29) is 23.4 Å². The minimum absolute atomic E-state index is 0.124. The van der Waals surface area contributed by atoms with Crippen LogP contribution < -0.4 is 10.9 Å². The first-order valence-electron chi connectivity index (χ1n) is 12.3. The Hall–Kier alpha value is -3.22. The molecular formula is C27H33FN4O2. The molecule has 0 aliphatic heterocycles. The van der Waals surface area contributed by atoms with E-state index in [1.807, 2.05) is 13.0 Å². The van der Waals surface area contributed by atoms with Gasteiger partial charge in [-0.1, -0.05) is 44.7 Å². The van der Waals surface area contributed by atoms with Gasteiger partial charge in [0.25, 0.3) is 5.56 Å². The van der Waals surface area contributed by atoms with Gasteiger partial charge >= 0.3 is 6.03 Å². The molecule has 4 rings (SSSR count). The summed E-state index contributed by atoms with van der Waals surface area (Å²) in [7, 11) is 0. The van der Waals surface area contributed by atoms with Crippen LogP contribution in [0, 0.1) is 5.82 Å². The number of rotatable bonds is 7. The van der Waals surface area contributed by atoms with E-state index >= 15 is 0 Å². The highest BCUT2D eigenvalue weighted by Gasteiger charge is 2.28. The number of fused-ring (bicyclic) bond motifs is 1. The molecule has 1 aliphatic carbocycles. The molecule has 1 N–H and O–H groups in total. The van der Waals surface area contributed by atoms with Crippen molar-refractivity contribution in [2.45, 2.75) is 70.9 Å². The zero-order valence-corrected chi connectivity index (χ0v) is 20.0. The van der Waals surface area contributed by atoms with Crippen molar-refractivity contribution in [3.05, 3.63) is 70.5 Å². The van der Waals surface area contributed by atoms with Crippen molar-refractivity contribution < 1.29 is 9.18 Å². The van der Waals surface area contributed by atoms with Gasteiger partial charge in [0.1, 0.15) is 11.6 Å². The molecule has 1 heterocycles. The Kier molecular flexibility index (Phi) is 7.60. The number of unbranched alkanes of at least 4 members (excludes halogenated alkanes) is 1. The van der Waals surface area contributed by atoms with E-state index in [4.69, 9.17) is 4.98 Å². The Morgan fingerprint density at radius 3 is 2.56 bits per heavy atom. The van der Waals surface area contributed by atoms with Crippen LogP contribution >= 0.6 is 0 Å². The molecule has 0 radical (unpaired) electrons. The van der Waals surface area contributed by atoms with E-state index in [0.29, 0.717) is 29.0 Å². The lowest BCUT2D eigenvalue weighted by atomic mass is 9.96. The minimum Gasteiger partial charge on any atom is -0.335 e. The van der Waals surface area contributed by atoms with Gasteiger partial charge in [0.05, 0.1) is 22.6 Å². The molecule has 0 saturated heterocycles. The maximum Gasteiger partial charge on any atom is 0.318 e. The van der Waals surface area contributed by atoms with Crippen LogP contribution in [-0.4, -0.2) is 33.1 Å². The maximum absolute atomic E-state index is 13.6. The summed E-state index contributed by atoms with van der Waals surface area (Å²) < 4.78 is 15.2. The first-order chi connectivity index (χ1) is 16.5. The number of carbonyl (C=O) groups is 1. The molecule has 0 bridgehead atoms. The number of amides is 2. The molecule has 1 unspecified atom stereocenters. The molecule has 0 spiro atoms. The highest BCUT2D eigenvalue weighted by molar-refractivity contribution is 5.78. The number of aromatic nitrogens is 2. The van der Waals surface area contributed by atoms with Crippen molar-refractivity contribution in [1.82, 2.24) is 19.8 Å². The number of benzene rings is 2. The molecule has 1 aromatic heterocycles. The Bertz CT molecular complexity index is 1190. The lowest BCUT2D eigenvalue weighted by molar-refractivity contribution is 0.167. The molecule has 2 aromatic carbocycles. The summed E-state index contributed by atoms with van der Waals surface area (Å²) in [5.74, 6) is 0.0850. The fourth-order valence-electron chi connectivity index (χ4n) is 4.71. The van der Waals surface area contributed by atoms with Crippen LogP contribution in [-0.2, 0) is 0 Å². The molecule has 34 heavy (non-hydrogen) atoms. The topological polar surface area (TPSA) is 67.2 Å². The van der Waals surface area contributed by atoms with Crippen LogP contribution in [0.3, 0.4) is 0 Å². The predicted molar refractivity (Wildman–Crippen MR) is 133 cm³/mol. The number of hydrogen-bond acceptors (Lipinski definition) is 3. The second-order valence-electron chi connectivity index (χ2n) is 9.11. The molecule has 1 atom stereocenters. The molecule has 3 aromatic rings. The van der Waals surface area contributed by atoms with Crippen LogP contribution in [0.2, 0.25) is 0 Å². The molecule has 2 amide bonds. The summed E-state index contributed by atoms with van der Waals surface area (Å²) in [6.45, 7) is 4.56. The van der Waals surface area contributed by atoms with Crippen molar-refractivity contribution in [2.75, 3.05) is 6.54 Å². The summed E-state index contributed by atoms with van der Waals surface area (Å²) in [5.41, 5.74) is 0.868. The van der Waals surface area contributed by atoms with Gasteiger partial charge in [0.2, 0.25) is 0 Å². The monoisotopic (exact) mass is 464 g/mol. The average molecular weight is 465 g/mol. The van der Waals surface area contributed by atoms with Crippen LogP contribution in [0.15, 0.2) is 53.3 Å². The van der Waals surface area contributed by atoms with Crippen molar-refractivity contribution in [3.8, 4) is 5.69 Å². The van der Waals surface area contributed by atoms with Crippen LogP contribution in [0.25, 0.3) is 16.6 Å². The van der Waals surface area contributed by atoms with Gasteiger partial charge in [-0.25, -0.2) is 14.2 Å². The van der Waals surface area contributed by atoms with Crippen molar-refractivity contribution in [3.63, 3.8) is 0 Å². The van der Waals surface area contributed by atoms with Crippen molar-refractivity contribution >= 4 is 16.9 Å². The van der Waals surface area contributed by atoms with Gasteiger partial charge < -0.3 is 10.2 Å². The summed E-state index contributed by atoms with van der Waals surface area (Å²) in [5, 5.41) is 3.70. The lowest BCUT2D eigenvalue weighted by Gasteiger charge is -2.33. The van der Waals surface area contributed by atoms with E-state index in [1.54, 1.807) is 35.2 Å². The van der Waals surface area contributed by atoms with Crippen LogP contribution in [0.1, 0.15) is 70.7 Å². The molecule has 6 nitrogen and oxygen atoms in total. The largest absolute Gasteiger partial charge is 0.335 e. The number of nitrogens with one attached hydrogen (secondary N) is 1. The number of halogens is 1. The quantitative estimate of drug-likeness (QED) is 0.486. The molecule has 7 heteroatoms. The number of hydrogen-bond donors (Lipinski definition) is 1. The molecule has 1 aliphatic rings. The van der Waals surface area contributed by atoms with Crippen LogP contribution in [0.4, 0.5) is 9.18 Å². The Balaban J connectivity index is 1.78. The standard InChI is InChI=1S/C27H33FN4O2/c1-3-4-18-31(27(34)29-21-10-6-5-7-11-21)19(2)25-30-24-13-9-8-12-23(24)26(33)32(25)22-16-14-20(28)15-17-22/h8-9,12-17,19,21H,3-7,10-11,18H2,1-2H3,(H,29,34). The number of nitrogens with zero attached hydrogens (tertiary/aromatic N) is 3. The predicted octanol–water partition coefficient (Wildman–Crippen LogP) is 5.73. The third-order valence-electron chi connectivity index (χ3n) is 6.67. The summed E-state index contributed by atoms with van der Waals surface area (Å²) in [6, 6.07) is 12.6. The Morgan fingerprint density at radius 1 is 1.15 bits per heavy atom. The Morgan fingerprint density at radius 2 is 1.85 bits per heavy atom. The fraction of sp³-hybridized carbons (Fsp3) is 0.444. The molecule has 1 saturated carbocycles. The van der Waals surface area contributed by atoms with Crippen LogP contribution in [0.5, 0.6) is 0 Å². The average Bonchev–Trinajstić information content (AvgIpc) is 2.85. The zero-order valence-electron chi connectivity index (χ0n) is 20.0. The van der Waals surface area contributed by atoms with E-state index in [2.05, 4.69) is 12.2 Å². The van der Waals surface area contributed by atoms with Crippen molar-refractivity contribution in [2.24, 2.45) is 0 Å². The maximum atomic E-state index is 13.6. The summed E-state index contributed by atoms with van der Waals surface area (Å²) >= 11 is 0.